The van der Waals surface area contributed by atoms with Gasteiger partial charge in [-0.05, 0) is 25.0 Å². The highest BCUT2D eigenvalue weighted by molar-refractivity contribution is 7.16. The van der Waals surface area contributed by atoms with Crippen molar-refractivity contribution in [2.45, 2.75) is 25.3 Å². The molecule has 0 unspecified atom stereocenters. The third kappa shape index (κ3) is 2.38. The number of nitrogens with zero attached hydrogens (tertiary/aromatic N) is 5. The van der Waals surface area contributed by atoms with E-state index in [2.05, 4.69) is 25.6 Å². The second-order valence-corrected chi connectivity index (χ2v) is 5.98. The molecule has 7 nitrogen and oxygen atoms in total. The van der Waals surface area contributed by atoms with E-state index in [-0.39, 0.29) is 5.91 Å². The van der Waals surface area contributed by atoms with Crippen LogP contribution < -0.4 is 5.32 Å². The lowest BCUT2D eigenvalue weighted by atomic mass is 10.2. The van der Waals surface area contributed by atoms with Crippen LogP contribution >= 0.6 is 11.3 Å². The number of carbonyl (C=O) groups is 1. The molecule has 0 aliphatic heterocycles. The molecule has 4 rings (SSSR count). The van der Waals surface area contributed by atoms with E-state index in [1.165, 1.54) is 11.3 Å². The molecule has 106 valence electrons. The normalized spacial score (nSPS) is 14.5. The van der Waals surface area contributed by atoms with Crippen molar-refractivity contribution in [2.24, 2.45) is 0 Å². The van der Waals surface area contributed by atoms with Crippen LogP contribution in [0.1, 0.15) is 39.9 Å². The second-order valence-electron chi connectivity index (χ2n) is 4.94. The second kappa shape index (κ2) is 4.88. The molecule has 0 saturated heterocycles. The Balaban J connectivity index is 1.48. The fourth-order valence-corrected chi connectivity index (χ4v) is 2.88. The molecule has 1 fully saturated rings. The van der Waals surface area contributed by atoms with Gasteiger partial charge in [-0.25, -0.2) is 0 Å². The number of aromatic nitrogens is 5. The molecule has 8 heteroatoms. The molecule has 1 saturated carbocycles. The smallest absolute Gasteiger partial charge is 0.251 e. The molecule has 0 aromatic carbocycles. The van der Waals surface area contributed by atoms with E-state index < -0.39 is 0 Å². The lowest BCUT2D eigenvalue weighted by Crippen LogP contribution is -2.22. The van der Waals surface area contributed by atoms with Gasteiger partial charge in [-0.3, -0.25) is 9.78 Å². The maximum absolute atomic E-state index is 12.0. The van der Waals surface area contributed by atoms with Crippen LogP contribution in [-0.4, -0.2) is 30.7 Å². The summed E-state index contributed by atoms with van der Waals surface area (Å²) in [5, 5.41) is 16.5. The average molecular weight is 300 g/mol. The van der Waals surface area contributed by atoms with Crippen molar-refractivity contribution in [3.63, 3.8) is 0 Å². The van der Waals surface area contributed by atoms with Crippen LogP contribution in [0.4, 0.5) is 0 Å². The van der Waals surface area contributed by atoms with Crippen molar-refractivity contribution >= 4 is 22.2 Å². The first-order valence-corrected chi connectivity index (χ1v) is 7.52. The minimum atomic E-state index is -0.134. The van der Waals surface area contributed by atoms with Crippen molar-refractivity contribution in [3.8, 4) is 0 Å². The molecule has 3 heterocycles. The number of hydrogen-bond donors (Lipinski definition) is 1. The molecule has 1 N–H and O–H groups in total. The van der Waals surface area contributed by atoms with Crippen molar-refractivity contribution in [1.29, 1.82) is 0 Å². The predicted molar refractivity (Wildman–Crippen MR) is 76.0 cm³/mol. The van der Waals surface area contributed by atoms with Gasteiger partial charge in [0, 0.05) is 23.9 Å². The van der Waals surface area contributed by atoms with Gasteiger partial charge >= 0.3 is 0 Å². The molecular weight excluding hydrogens is 288 g/mol. The number of rotatable bonds is 4. The number of hydrogen-bond acceptors (Lipinski definition) is 6. The molecule has 3 aromatic heterocycles. The Hall–Kier alpha value is -2.35. The Morgan fingerprint density at radius 2 is 2.14 bits per heavy atom. The van der Waals surface area contributed by atoms with Crippen molar-refractivity contribution in [3.05, 3.63) is 40.9 Å². The van der Waals surface area contributed by atoms with E-state index in [0.29, 0.717) is 18.0 Å². The van der Waals surface area contributed by atoms with Gasteiger partial charge in [-0.15, -0.1) is 10.2 Å². The zero-order chi connectivity index (χ0) is 14.2. The van der Waals surface area contributed by atoms with Gasteiger partial charge in [-0.1, -0.05) is 11.3 Å². The van der Waals surface area contributed by atoms with Gasteiger partial charge < -0.3 is 5.32 Å². The van der Waals surface area contributed by atoms with E-state index >= 15 is 0 Å². The molecule has 1 aliphatic carbocycles. The van der Waals surface area contributed by atoms with E-state index in [1.54, 1.807) is 29.0 Å². The minimum Gasteiger partial charge on any atom is -0.345 e. The fraction of sp³-hybridized carbons (Fsp3) is 0.308. The summed E-state index contributed by atoms with van der Waals surface area (Å²) in [6.45, 7) is 0.388. The third-order valence-electron chi connectivity index (χ3n) is 3.34. The van der Waals surface area contributed by atoms with Crippen LogP contribution in [0, 0.1) is 0 Å². The Kier molecular flexibility index (Phi) is 2.88. The van der Waals surface area contributed by atoms with E-state index in [0.717, 1.165) is 28.6 Å². The van der Waals surface area contributed by atoms with E-state index in [1.807, 2.05) is 0 Å². The monoisotopic (exact) mass is 300 g/mol. The van der Waals surface area contributed by atoms with Crippen LogP contribution in [0.5, 0.6) is 0 Å². The lowest BCUT2D eigenvalue weighted by Gasteiger charge is -2.01. The van der Waals surface area contributed by atoms with Crippen LogP contribution in [0.25, 0.3) is 4.96 Å². The first-order chi connectivity index (χ1) is 10.3. The molecule has 0 bridgehead atoms. The van der Waals surface area contributed by atoms with Crippen LogP contribution in [-0.2, 0) is 6.54 Å². The fourth-order valence-electron chi connectivity index (χ4n) is 2.10. The standard InChI is InChI=1S/C13H12N6OS/c20-12(9-3-5-14-6-4-9)15-7-10-18-19-11(8-1-2-8)16-17-13(19)21-10/h3-6,8H,1-2,7H2,(H,15,20). The quantitative estimate of drug-likeness (QED) is 0.787. The molecule has 3 aromatic rings. The summed E-state index contributed by atoms with van der Waals surface area (Å²) in [5.74, 6) is 1.31. The summed E-state index contributed by atoms with van der Waals surface area (Å²) in [6, 6.07) is 3.36. The highest BCUT2D eigenvalue weighted by Gasteiger charge is 2.30. The summed E-state index contributed by atoms with van der Waals surface area (Å²) >= 11 is 1.45. The van der Waals surface area contributed by atoms with Crippen molar-refractivity contribution in [1.82, 2.24) is 30.1 Å². The summed E-state index contributed by atoms with van der Waals surface area (Å²) in [6.07, 6.45) is 5.51. The van der Waals surface area contributed by atoms with E-state index in [4.69, 9.17) is 0 Å². The zero-order valence-electron chi connectivity index (χ0n) is 11.1. The zero-order valence-corrected chi connectivity index (χ0v) is 11.9. The molecule has 1 amide bonds. The van der Waals surface area contributed by atoms with Crippen LogP contribution in [0.3, 0.4) is 0 Å². The van der Waals surface area contributed by atoms with Gasteiger partial charge in [0.25, 0.3) is 5.91 Å². The van der Waals surface area contributed by atoms with Crippen molar-refractivity contribution < 1.29 is 4.79 Å². The first-order valence-electron chi connectivity index (χ1n) is 6.70. The first kappa shape index (κ1) is 12.4. The van der Waals surface area contributed by atoms with Crippen LogP contribution in [0.15, 0.2) is 24.5 Å². The Labute approximate surface area is 124 Å². The lowest BCUT2D eigenvalue weighted by molar-refractivity contribution is 0.0950. The average Bonchev–Trinajstić information content (AvgIpc) is 3.16. The summed E-state index contributed by atoms with van der Waals surface area (Å²) < 4.78 is 1.80. The Morgan fingerprint density at radius 3 is 2.90 bits per heavy atom. The predicted octanol–water partition coefficient (Wildman–Crippen LogP) is 1.39. The minimum absolute atomic E-state index is 0.134. The van der Waals surface area contributed by atoms with E-state index in [9.17, 15) is 4.79 Å². The molecule has 0 spiro atoms. The third-order valence-corrected chi connectivity index (χ3v) is 4.24. The number of carbonyl (C=O) groups excluding carboxylic acids is 1. The SMILES string of the molecule is O=C(NCc1nn2c(C3CC3)nnc2s1)c1ccncc1. The molecular formula is C13H12N6OS. The van der Waals surface area contributed by atoms with Gasteiger partial charge in [0.05, 0.1) is 6.54 Å². The summed E-state index contributed by atoms with van der Waals surface area (Å²) in [5.41, 5.74) is 0.590. The van der Waals surface area contributed by atoms with Crippen LogP contribution in [0.2, 0.25) is 0 Å². The summed E-state index contributed by atoms with van der Waals surface area (Å²) in [4.78, 5) is 16.6. The summed E-state index contributed by atoms with van der Waals surface area (Å²) in [7, 11) is 0. The Bertz CT molecular complexity index is 791. The van der Waals surface area contributed by atoms with Gasteiger partial charge in [0.2, 0.25) is 4.96 Å². The van der Waals surface area contributed by atoms with Gasteiger partial charge in [0.1, 0.15) is 5.01 Å². The molecule has 1 aliphatic rings. The van der Waals surface area contributed by atoms with Gasteiger partial charge in [-0.2, -0.15) is 9.61 Å². The number of amides is 1. The maximum atomic E-state index is 12.0. The highest BCUT2D eigenvalue weighted by Crippen LogP contribution is 2.39. The largest absolute Gasteiger partial charge is 0.345 e. The number of nitrogens with one attached hydrogen (secondary N) is 1. The number of fused-ring (bicyclic) bond motifs is 1. The molecule has 21 heavy (non-hydrogen) atoms. The molecule has 0 radical (unpaired) electrons. The number of pyridine rings is 1. The van der Waals surface area contributed by atoms with Crippen molar-refractivity contribution in [2.75, 3.05) is 0 Å². The highest BCUT2D eigenvalue weighted by atomic mass is 32.1. The van der Waals surface area contributed by atoms with Gasteiger partial charge in [0.15, 0.2) is 5.82 Å². The topological polar surface area (TPSA) is 85.1 Å². The Morgan fingerprint density at radius 1 is 1.33 bits per heavy atom. The molecule has 0 atom stereocenters. The maximum Gasteiger partial charge on any atom is 0.251 e.